The molecule has 0 radical (unpaired) electrons. The van der Waals surface area contributed by atoms with E-state index in [2.05, 4.69) is 73.2 Å². The van der Waals surface area contributed by atoms with Crippen LogP contribution in [0.1, 0.15) is 175 Å². The molecule has 0 aliphatic carbocycles. The van der Waals surface area contributed by atoms with Crippen LogP contribution in [0.5, 0.6) is 0 Å². The van der Waals surface area contributed by atoms with Gasteiger partial charge in [0.25, 0.3) is 0 Å². The van der Waals surface area contributed by atoms with Crippen LogP contribution in [0, 0.1) is 5.92 Å². The Morgan fingerprint density at radius 2 is 1.00 bits per heavy atom. The van der Waals surface area contributed by atoms with Gasteiger partial charge in [0.1, 0.15) is 6.10 Å². The predicted molar refractivity (Wildman–Crippen MR) is 182 cm³/mol. The number of hydrogen-bond acceptors (Lipinski definition) is 2. The molecule has 0 heterocycles. The average molecular weight is 624 g/mol. The van der Waals surface area contributed by atoms with Crippen LogP contribution in [-0.4, -0.2) is 17.4 Å². The summed E-state index contributed by atoms with van der Waals surface area (Å²) in [6, 6.07) is 0. The fourth-order valence-corrected chi connectivity index (χ4v) is 5.57. The molecule has 0 saturated heterocycles. The van der Waals surface area contributed by atoms with Crippen molar-refractivity contribution in [2.45, 2.75) is 181 Å². The lowest BCUT2D eigenvalue weighted by molar-refractivity contribution is -0.152. The molecule has 234 valence electrons. The molecule has 0 fully saturated rings. The number of carbonyl (C=O) groups is 1. The molecule has 1 unspecified atom stereocenters. The number of unbranched alkanes of at least 4 members (excludes halogenated alkanes) is 13. The number of esters is 1. The molecule has 40 heavy (non-hydrogen) atoms. The molecular weight excluding hydrogens is 556 g/mol. The van der Waals surface area contributed by atoms with Crippen molar-refractivity contribution >= 4 is 21.9 Å². The van der Waals surface area contributed by atoms with E-state index >= 15 is 0 Å². The molecule has 0 saturated carbocycles. The van der Waals surface area contributed by atoms with Gasteiger partial charge in [0, 0.05) is 11.8 Å². The van der Waals surface area contributed by atoms with Crippen LogP contribution in [0.25, 0.3) is 0 Å². The molecule has 0 aromatic heterocycles. The lowest BCUT2D eigenvalue weighted by Gasteiger charge is -2.27. The summed E-state index contributed by atoms with van der Waals surface area (Å²) in [5.74, 6) is 0.477. The van der Waals surface area contributed by atoms with E-state index in [0.717, 1.165) is 63.1 Å². The molecule has 2 nitrogen and oxygen atoms in total. The van der Waals surface area contributed by atoms with E-state index in [1.165, 1.54) is 89.9 Å². The molecule has 0 aliphatic heterocycles. The highest BCUT2D eigenvalue weighted by atomic mass is 79.9. The third-order valence-corrected chi connectivity index (χ3v) is 8.32. The Morgan fingerprint density at radius 1 is 0.550 bits per heavy atom. The quantitative estimate of drug-likeness (QED) is 0.0344. The molecule has 0 amide bonds. The third kappa shape index (κ3) is 27.3. The van der Waals surface area contributed by atoms with Gasteiger partial charge in [-0.05, 0) is 109 Å². The summed E-state index contributed by atoms with van der Waals surface area (Å²) < 4.78 is 6.26. The first-order chi connectivity index (χ1) is 19.7. The fourth-order valence-electron chi connectivity index (χ4n) is 5.18. The van der Waals surface area contributed by atoms with Crippen LogP contribution in [0.2, 0.25) is 0 Å². The summed E-state index contributed by atoms with van der Waals surface area (Å²) >= 11 is 3.50. The Hall–Kier alpha value is -0.830. The fraction of sp³-hybridized carbons (Fsp3) is 0.811. The lowest BCUT2D eigenvalue weighted by atomic mass is 9.88. The predicted octanol–water partition coefficient (Wildman–Crippen LogP) is 13.0. The van der Waals surface area contributed by atoms with E-state index < -0.39 is 0 Å². The van der Waals surface area contributed by atoms with Gasteiger partial charge < -0.3 is 4.74 Å². The van der Waals surface area contributed by atoms with Gasteiger partial charge in [0.2, 0.25) is 0 Å². The molecular formula is C37H67BrO2. The minimum absolute atomic E-state index is 0.0168. The van der Waals surface area contributed by atoms with E-state index in [1.807, 2.05) is 0 Å². The number of ether oxygens (including phenoxy) is 1. The minimum Gasteiger partial charge on any atom is -0.462 e. The summed E-state index contributed by atoms with van der Waals surface area (Å²) in [5, 5.41) is 1.01. The molecule has 0 aliphatic rings. The first kappa shape index (κ1) is 39.2. The van der Waals surface area contributed by atoms with Crippen LogP contribution in [0.15, 0.2) is 36.5 Å². The van der Waals surface area contributed by atoms with Crippen LogP contribution < -0.4 is 0 Å². The van der Waals surface area contributed by atoms with Crippen molar-refractivity contribution in [2.75, 3.05) is 5.33 Å². The van der Waals surface area contributed by atoms with Crippen molar-refractivity contribution < 1.29 is 9.53 Å². The second-order valence-electron chi connectivity index (χ2n) is 11.6. The maximum absolute atomic E-state index is 12.9. The Morgan fingerprint density at radius 3 is 1.45 bits per heavy atom. The summed E-state index contributed by atoms with van der Waals surface area (Å²) in [7, 11) is 0. The van der Waals surface area contributed by atoms with E-state index in [0.29, 0.717) is 12.3 Å². The normalized spacial score (nSPS) is 13.6. The Labute approximate surface area is 259 Å². The number of hydrogen-bond donors (Lipinski definition) is 0. The molecule has 0 aromatic rings. The second kappa shape index (κ2) is 32.7. The minimum atomic E-state index is 0.0168. The van der Waals surface area contributed by atoms with Crippen molar-refractivity contribution in [2.24, 2.45) is 5.92 Å². The van der Waals surface area contributed by atoms with E-state index in [-0.39, 0.29) is 12.1 Å². The third-order valence-electron chi connectivity index (χ3n) is 7.76. The highest BCUT2D eigenvalue weighted by Crippen LogP contribution is 2.27. The van der Waals surface area contributed by atoms with Gasteiger partial charge >= 0.3 is 5.97 Å². The van der Waals surface area contributed by atoms with Crippen molar-refractivity contribution in [1.82, 2.24) is 0 Å². The molecule has 0 rings (SSSR count). The largest absolute Gasteiger partial charge is 0.462 e. The maximum atomic E-state index is 12.9. The van der Waals surface area contributed by atoms with E-state index in [4.69, 9.17) is 4.74 Å². The Balaban J connectivity index is 5.09. The summed E-state index contributed by atoms with van der Waals surface area (Å²) in [6.45, 7) is 6.79. The summed E-state index contributed by atoms with van der Waals surface area (Å²) in [4.78, 5) is 12.9. The van der Waals surface area contributed by atoms with Gasteiger partial charge in [-0.1, -0.05) is 118 Å². The number of rotatable bonds is 30. The Bertz CT molecular complexity index is 583. The summed E-state index contributed by atoms with van der Waals surface area (Å²) in [6.07, 6.45) is 42.2. The zero-order chi connectivity index (χ0) is 29.4. The first-order valence-electron chi connectivity index (χ1n) is 17.4. The lowest BCUT2D eigenvalue weighted by Crippen LogP contribution is -2.27. The van der Waals surface area contributed by atoms with Gasteiger partial charge in [-0.2, -0.15) is 0 Å². The zero-order valence-electron chi connectivity index (χ0n) is 27.0. The SMILES string of the molecule is CCCCCC=CCCCC(CCCC=CCCCCC)C(CCC=CCCCCC)OC(=O)CCCCCBr. The second-order valence-corrected chi connectivity index (χ2v) is 12.4. The first-order valence-corrected chi connectivity index (χ1v) is 18.5. The molecule has 0 N–H and O–H groups in total. The van der Waals surface area contributed by atoms with Gasteiger partial charge in [-0.3, -0.25) is 4.79 Å². The molecule has 0 spiro atoms. The van der Waals surface area contributed by atoms with E-state index in [1.54, 1.807) is 0 Å². The number of allylic oxidation sites excluding steroid dienone is 6. The number of carbonyl (C=O) groups excluding carboxylic acids is 1. The van der Waals surface area contributed by atoms with Crippen LogP contribution in [0.4, 0.5) is 0 Å². The highest BCUT2D eigenvalue weighted by Gasteiger charge is 2.24. The van der Waals surface area contributed by atoms with Crippen LogP contribution in [-0.2, 0) is 9.53 Å². The van der Waals surface area contributed by atoms with Gasteiger partial charge in [-0.25, -0.2) is 0 Å². The molecule has 1 atom stereocenters. The van der Waals surface area contributed by atoms with Crippen molar-refractivity contribution in [3.05, 3.63) is 36.5 Å². The van der Waals surface area contributed by atoms with Crippen LogP contribution >= 0.6 is 15.9 Å². The standard InChI is InChI=1S/C37H67BrO2/c1-4-7-10-13-16-19-21-25-30-35(31-26-22-20-17-14-11-8-5-2)36(32-27-23-18-15-12-9-6-3)40-37(39)33-28-24-29-34-38/h16-20,23,35-36H,4-15,21-22,24-34H2,1-3H3. The van der Waals surface area contributed by atoms with Crippen LogP contribution in [0.3, 0.4) is 0 Å². The number of halogens is 1. The highest BCUT2D eigenvalue weighted by molar-refractivity contribution is 9.09. The van der Waals surface area contributed by atoms with Crippen molar-refractivity contribution in [3.63, 3.8) is 0 Å². The Kier molecular flexibility index (Phi) is 32.0. The van der Waals surface area contributed by atoms with Gasteiger partial charge in [-0.15, -0.1) is 0 Å². The zero-order valence-corrected chi connectivity index (χ0v) is 28.6. The maximum Gasteiger partial charge on any atom is 0.306 e. The molecule has 3 heteroatoms. The van der Waals surface area contributed by atoms with E-state index in [9.17, 15) is 4.79 Å². The van der Waals surface area contributed by atoms with Crippen molar-refractivity contribution in [3.8, 4) is 0 Å². The van der Waals surface area contributed by atoms with Crippen molar-refractivity contribution in [1.29, 1.82) is 0 Å². The average Bonchev–Trinajstić information content (AvgIpc) is 2.96. The van der Waals surface area contributed by atoms with Gasteiger partial charge in [0.15, 0.2) is 0 Å². The van der Waals surface area contributed by atoms with Gasteiger partial charge in [0.05, 0.1) is 0 Å². The summed E-state index contributed by atoms with van der Waals surface area (Å²) in [5.41, 5.74) is 0. The molecule has 0 aromatic carbocycles. The molecule has 0 bridgehead atoms. The smallest absolute Gasteiger partial charge is 0.306 e. The topological polar surface area (TPSA) is 26.3 Å². The number of alkyl halides is 1. The monoisotopic (exact) mass is 622 g/mol.